The van der Waals surface area contributed by atoms with E-state index in [9.17, 15) is 4.79 Å². The van der Waals surface area contributed by atoms with Gasteiger partial charge < -0.3 is 10.6 Å². The summed E-state index contributed by atoms with van der Waals surface area (Å²) in [6, 6.07) is 7.88. The second-order valence-corrected chi connectivity index (χ2v) is 3.25. The molecule has 0 atom stereocenters. The van der Waals surface area contributed by atoms with Crippen molar-refractivity contribution in [2.45, 2.75) is 13.8 Å². The van der Waals surface area contributed by atoms with E-state index in [2.05, 4.69) is 16.7 Å². The molecular weight excluding hydrogens is 188 g/mol. The molecular formula is C12H16N2O. The molecule has 1 aromatic carbocycles. The van der Waals surface area contributed by atoms with Crippen molar-refractivity contribution in [1.29, 1.82) is 0 Å². The Morgan fingerprint density at radius 1 is 1.47 bits per heavy atom. The lowest BCUT2D eigenvalue weighted by Gasteiger charge is -2.00. The number of rotatable bonds is 3. The molecule has 15 heavy (non-hydrogen) atoms. The van der Waals surface area contributed by atoms with Crippen molar-refractivity contribution in [3.63, 3.8) is 0 Å². The van der Waals surface area contributed by atoms with Crippen LogP contribution < -0.4 is 10.6 Å². The van der Waals surface area contributed by atoms with E-state index in [-0.39, 0.29) is 6.03 Å². The molecule has 2 N–H and O–H groups in total. The van der Waals surface area contributed by atoms with Crippen molar-refractivity contribution in [1.82, 2.24) is 10.6 Å². The highest BCUT2D eigenvalue weighted by Gasteiger charge is 1.91. The molecule has 0 unspecified atom stereocenters. The first-order valence-electron chi connectivity index (χ1n) is 5.00. The number of amides is 2. The molecule has 3 heteroatoms. The fourth-order valence-corrected chi connectivity index (χ4v) is 1.20. The van der Waals surface area contributed by atoms with Crippen molar-refractivity contribution in [3.8, 4) is 0 Å². The van der Waals surface area contributed by atoms with E-state index >= 15 is 0 Å². The van der Waals surface area contributed by atoms with Gasteiger partial charge in [0.05, 0.1) is 0 Å². The summed E-state index contributed by atoms with van der Waals surface area (Å²) in [6.07, 6.45) is 3.50. The third kappa shape index (κ3) is 4.31. The summed E-state index contributed by atoms with van der Waals surface area (Å²) in [6.45, 7) is 4.54. The second kappa shape index (κ2) is 5.86. The van der Waals surface area contributed by atoms with Crippen LogP contribution in [0.5, 0.6) is 0 Å². The zero-order valence-corrected chi connectivity index (χ0v) is 9.08. The number of carbonyl (C=O) groups is 1. The van der Waals surface area contributed by atoms with E-state index in [1.54, 1.807) is 6.20 Å². The summed E-state index contributed by atoms with van der Waals surface area (Å²) in [5.41, 5.74) is 2.28. The van der Waals surface area contributed by atoms with Crippen LogP contribution in [-0.2, 0) is 0 Å². The van der Waals surface area contributed by atoms with Gasteiger partial charge in [-0.3, -0.25) is 0 Å². The molecule has 0 fully saturated rings. The first-order valence-corrected chi connectivity index (χ1v) is 5.00. The van der Waals surface area contributed by atoms with Gasteiger partial charge >= 0.3 is 6.03 Å². The smallest absolute Gasteiger partial charge is 0.318 e. The molecule has 0 aliphatic carbocycles. The minimum absolute atomic E-state index is 0.179. The average molecular weight is 204 g/mol. The molecule has 0 aliphatic rings. The summed E-state index contributed by atoms with van der Waals surface area (Å²) in [4.78, 5) is 11.0. The van der Waals surface area contributed by atoms with Crippen LogP contribution in [0.25, 0.3) is 6.08 Å². The number of hydrogen-bond donors (Lipinski definition) is 2. The Labute approximate surface area is 90.2 Å². The number of urea groups is 1. The number of nitrogens with one attached hydrogen (secondary N) is 2. The minimum Gasteiger partial charge on any atom is -0.338 e. The molecule has 3 nitrogen and oxygen atoms in total. The van der Waals surface area contributed by atoms with E-state index in [4.69, 9.17) is 0 Å². The normalized spacial score (nSPS) is 10.3. The zero-order valence-electron chi connectivity index (χ0n) is 9.08. The topological polar surface area (TPSA) is 41.1 Å². The lowest BCUT2D eigenvalue weighted by atomic mass is 10.1. The molecule has 0 saturated heterocycles. The Kier molecular flexibility index (Phi) is 4.41. The van der Waals surface area contributed by atoms with Gasteiger partial charge in [-0.1, -0.05) is 29.8 Å². The quantitative estimate of drug-likeness (QED) is 0.779. The van der Waals surface area contributed by atoms with Crippen LogP contribution in [0.3, 0.4) is 0 Å². The van der Waals surface area contributed by atoms with Crippen LogP contribution in [0, 0.1) is 6.92 Å². The SMILES string of the molecule is CCNC(=O)N/C=C/c1cccc(C)c1. The minimum atomic E-state index is -0.179. The van der Waals surface area contributed by atoms with Gasteiger partial charge in [0.15, 0.2) is 0 Å². The summed E-state index contributed by atoms with van der Waals surface area (Å²) in [5.74, 6) is 0. The van der Waals surface area contributed by atoms with Gasteiger partial charge in [-0.25, -0.2) is 4.79 Å². The summed E-state index contributed by atoms with van der Waals surface area (Å²) >= 11 is 0. The van der Waals surface area contributed by atoms with Gasteiger partial charge in [-0.2, -0.15) is 0 Å². The highest BCUT2D eigenvalue weighted by atomic mass is 16.2. The Morgan fingerprint density at radius 2 is 2.27 bits per heavy atom. The highest BCUT2D eigenvalue weighted by molar-refractivity contribution is 5.75. The second-order valence-electron chi connectivity index (χ2n) is 3.25. The molecule has 2 amide bonds. The van der Waals surface area contributed by atoms with Crippen molar-refractivity contribution >= 4 is 12.1 Å². The fraction of sp³-hybridized carbons (Fsp3) is 0.250. The lowest BCUT2D eigenvalue weighted by molar-refractivity contribution is 0.244. The van der Waals surface area contributed by atoms with Crippen molar-refractivity contribution in [3.05, 3.63) is 41.6 Å². The third-order valence-electron chi connectivity index (χ3n) is 1.87. The Bertz CT molecular complexity index is 358. The maximum Gasteiger partial charge on any atom is 0.318 e. The first-order chi connectivity index (χ1) is 7.22. The molecule has 80 valence electrons. The molecule has 0 saturated carbocycles. The molecule has 0 aliphatic heterocycles. The van der Waals surface area contributed by atoms with Gasteiger partial charge in [0.2, 0.25) is 0 Å². The third-order valence-corrected chi connectivity index (χ3v) is 1.87. The molecule has 0 heterocycles. The van der Waals surface area contributed by atoms with E-state index < -0.39 is 0 Å². The van der Waals surface area contributed by atoms with Gasteiger partial charge in [0, 0.05) is 12.7 Å². The fourth-order valence-electron chi connectivity index (χ4n) is 1.20. The Morgan fingerprint density at radius 3 is 2.93 bits per heavy atom. The number of benzene rings is 1. The van der Waals surface area contributed by atoms with Gasteiger partial charge in [-0.15, -0.1) is 0 Å². The first kappa shape index (κ1) is 11.3. The van der Waals surface area contributed by atoms with Gasteiger partial charge in [0.25, 0.3) is 0 Å². The number of aryl methyl sites for hydroxylation is 1. The zero-order chi connectivity index (χ0) is 11.1. The molecule has 0 bridgehead atoms. The van der Waals surface area contributed by atoms with E-state index in [0.717, 1.165) is 5.56 Å². The summed E-state index contributed by atoms with van der Waals surface area (Å²) < 4.78 is 0. The number of hydrogen-bond acceptors (Lipinski definition) is 1. The largest absolute Gasteiger partial charge is 0.338 e. The van der Waals surface area contributed by atoms with Crippen LogP contribution >= 0.6 is 0 Å². The van der Waals surface area contributed by atoms with Crippen molar-refractivity contribution in [2.75, 3.05) is 6.54 Å². The van der Waals surface area contributed by atoms with E-state index in [0.29, 0.717) is 6.54 Å². The molecule has 0 aromatic heterocycles. The highest BCUT2D eigenvalue weighted by Crippen LogP contribution is 2.04. The maximum absolute atomic E-state index is 11.0. The molecule has 1 aromatic rings. The average Bonchev–Trinajstić information content (AvgIpc) is 2.18. The number of carbonyl (C=O) groups excluding carboxylic acids is 1. The van der Waals surface area contributed by atoms with Crippen LogP contribution in [0.2, 0.25) is 0 Å². The molecule has 0 radical (unpaired) electrons. The van der Waals surface area contributed by atoms with E-state index in [1.165, 1.54) is 5.56 Å². The molecule has 1 rings (SSSR count). The predicted octanol–water partition coefficient (Wildman–Crippen LogP) is 2.28. The molecule has 0 spiro atoms. The van der Waals surface area contributed by atoms with Gasteiger partial charge in [0.1, 0.15) is 0 Å². The summed E-state index contributed by atoms with van der Waals surface area (Å²) in [7, 11) is 0. The predicted molar refractivity (Wildman–Crippen MR) is 62.4 cm³/mol. The van der Waals surface area contributed by atoms with E-state index in [1.807, 2.05) is 38.1 Å². The van der Waals surface area contributed by atoms with Crippen molar-refractivity contribution in [2.24, 2.45) is 0 Å². The Balaban J connectivity index is 2.48. The van der Waals surface area contributed by atoms with Crippen LogP contribution in [0.4, 0.5) is 4.79 Å². The summed E-state index contributed by atoms with van der Waals surface area (Å²) in [5, 5.41) is 5.26. The van der Waals surface area contributed by atoms with Crippen molar-refractivity contribution < 1.29 is 4.79 Å². The Hall–Kier alpha value is -1.77. The standard InChI is InChI=1S/C12H16N2O/c1-3-13-12(15)14-8-7-11-6-4-5-10(2)9-11/h4-9H,3H2,1-2H3,(H2,13,14,15)/b8-7+. The monoisotopic (exact) mass is 204 g/mol. The van der Waals surface area contributed by atoms with Gasteiger partial charge in [-0.05, 0) is 25.5 Å². The van der Waals surface area contributed by atoms with Crippen LogP contribution in [0.1, 0.15) is 18.1 Å². The lowest BCUT2D eigenvalue weighted by Crippen LogP contribution is -2.31. The van der Waals surface area contributed by atoms with Crippen LogP contribution in [0.15, 0.2) is 30.5 Å². The van der Waals surface area contributed by atoms with Crippen LogP contribution in [-0.4, -0.2) is 12.6 Å². The maximum atomic E-state index is 11.0.